The van der Waals surface area contributed by atoms with Gasteiger partial charge in [0.15, 0.2) is 0 Å². The van der Waals surface area contributed by atoms with Crippen LogP contribution in [-0.4, -0.2) is 52.3 Å². The van der Waals surface area contributed by atoms with Crippen LogP contribution in [0.1, 0.15) is 36.1 Å². The van der Waals surface area contributed by atoms with Gasteiger partial charge < -0.3 is 19.1 Å². The number of ether oxygens (including phenoxy) is 1. The van der Waals surface area contributed by atoms with Gasteiger partial charge in [0, 0.05) is 44.4 Å². The highest BCUT2D eigenvalue weighted by atomic mass is 16.5. The molecule has 0 spiro atoms. The summed E-state index contributed by atoms with van der Waals surface area (Å²) in [5, 5.41) is 0. The van der Waals surface area contributed by atoms with E-state index in [0.717, 1.165) is 11.3 Å². The van der Waals surface area contributed by atoms with Crippen molar-refractivity contribution in [3.8, 4) is 0 Å². The van der Waals surface area contributed by atoms with Gasteiger partial charge in [-0.3, -0.25) is 14.4 Å². The number of amides is 2. The minimum Gasteiger partial charge on any atom is -0.469 e. The summed E-state index contributed by atoms with van der Waals surface area (Å²) in [4.78, 5) is 41.1. The van der Waals surface area contributed by atoms with E-state index in [1.807, 2.05) is 66.9 Å². The van der Waals surface area contributed by atoms with Crippen molar-refractivity contribution >= 4 is 17.8 Å². The summed E-state index contributed by atoms with van der Waals surface area (Å²) in [7, 11) is 1.32. The van der Waals surface area contributed by atoms with Crippen molar-refractivity contribution in [1.29, 1.82) is 0 Å². The minimum absolute atomic E-state index is 0.0602. The van der Waals surface area contributed by atoms with Gasteiger partial charge in [-0.1, -0.05) is 66.7 Å². The van der Waals surface area contributed by atoms with Crippen molar-refractivity contribution in [3.63, 3.8) is 0 Å². The highest BCUT2D eigenvalue weighted by Crippen LogP contribution is 2.15. The molecule has 0 radical (unpaired) electrons. The molecule has 0 bridgehead atoms. The molecule has 0 saturated heterocycles. The van der Waals surface area contributed by atoms with E-state index in [0.29, 0.717) is 26.1 Å². The lowest BCUT2D eigenvalue weighted by Crippen LogP contribution is -2.42. The number of carbonyl (C=O) groups is 3. The molecule has 0 fully saturated rings. The Balaban J connectivity index is 1.74. The van der Waals surface area contributed by atoms with Crippen molar-refractivity contribution in [2.75, 3.05) is 20.2 Å². The third-order valence-corrected chi connectivity index (χ3v) is 6.07. The van der Waals surface area contributed by atoms with E-state index in [1.165, 1.54) is 17.6 Å². The van der Waals surface area contributed by atoms with E-state index in [2.05, 4.69) is 28.0 Å². The van der Waals surface area contributed by atoms with Gasteiger partial charge in [-0.15, -0.1) is 6.58 Å². The second-order valence-corrected chi connectivity index (χ2v) is 8.84. The standard InChI is InChI=1S/C30H35N3O4/c1-3-19-32(28(34)17-10-18-30(36)37-2)24-29(35)33(22-26-14-8-5-9-15-26)23-27-16-11-20-31(27)21-25-12-6-4-7-13-25/h3-9,11-16,20H,1,10,17-19,21-24H2,2H3. The topological polar surface area (TPSA) is 71.9 Å². The van der Waals surface area contributed by atoms with Crippen LogP contribution in [0.3, 0.4) is 0 Å². The molecule has 3 aromatic rings. The molecular weight excluding hydrogens is 466 g/mol. The minimum atomic E-state index is -0.355. The Kier molecular flexibility index (Phi) is 10.7. The van der Waals surface area contributed by atoms with Crippen molar-refractivity contribution in [1.82, 2.24) is 14.4 Å². The third-order valence-electron chi connectivity index (χ3n) is 6.07. The monoisotopic (exact) mass is 501 g/mol. The summed E-state index contributed by atoms with van der Waals surface area (Å²) in [6, 6.07) is 24.0. The molecule has 0 unspecified atom stereocenters. The summed E-state index contributed by atoms with van der Waals surface area (Å²) in [6.07, 6.45) is 4.32. The van der Waals surface area contributed by atoms with E-state index in [4.69, 9.17) is 0 Å². The van der Waals surface area contributed by atoms with Gasteiger partial charge in [0.25, 0.3) is 0 Å². The van der Waals surface area contributed by atoms with Crippen molar-refractivity contribution in [2.45, 2.75) is 38.9 Å². The molecule has 0 saturated carbocycles. The quantitative estimate of drug-likeness (QED) is 0.242. The van der Waals surface area contributed by atoms with E-state index < -0.39 is 0 Å². The Hall–Kier alpha value is -4.13. The number of methoxy groups -OCH3 is 1. The molecule has 0 N–H and O–H groups in total. The fourth-order valence-corrected chi connectivity index (χ4v) is 4.08. The average Bonchev–Trinajstić information content (AvgIpc) is 3.35. The maximum absolute atomic E-state index is 13.6. The van der Waals surface area contributed by atoms with E-state index in [-0.39, 0.29) is 43.7 Å². The second kappa shape index (κ2) is 14.4. The smallest absolute Gasteiger partial charge is 0.305 e. The molecule has 0 aliphatic rings. The molecule has 37 heavy (non-hydrogen) atoms. The maximum Gasteiger partial charge on any atom is 0.305 e. The predicted molar refractivity (Wildman–Crippen MR) is 143 cm³/mol. The molecule has 0 aliphatic heterocycles. The number of hydrogen-bond acceptors (Lipinski definition) is 4. The normalized spacial score (nSPS) is 10.5. The Labute approximate surface area is 219 Å². The maximum atomic E-state index is 13.6. The number of esters is 1. The van der Waals surface area contributed by atoms with Gasteiger partial charge in [-0.25, -0.2) is 0 Å². The number of aromatic nitrogens is 1. The third kappa shape index (κ3) is 8.79. The molecule has 2 amide bonds. The lowest BCUT2D eigenvalue weighted by Gasteiger charge is -2.28. The van der Waals surface area contributed by atoms with Gasteiger partial charge in [0.05, 0.1) is 13.7 Å². The Morgan fingerprint density at radius 3 is 2.16 bits per heavy atom. The number of benzene rings is 2. The summed E-state index contributed by atoms with van der Waals surface area (Å²) < 4.78 is 6.79. The van der Waals surface area contributed by atoms with Crippen molar-refractivity contribution in [3.05, 3.63) is 108 Å². The SMILES string of the molecule is C=CCN(CC(=O)N(Cc1ccccc1)Cc1cccn1Cc1ccccc1)C(=O)CCCC(=O)OC. The van der Waals surface area contributed by atoms with Gasteiger partial charge >= 0.3 is 5.97 Å². The van der Waals surface area contributed by atoms with Crippen LogP contribution < -0.4 is 0 Å². The van der Waals surface area contributed by atoms with E-state index in [1.54, 1.807) is 11.0 Å². The fourth-order valence-electron chi connectivity index (χ4n) is 4.08. The second-order valence-electron chi connectivity index (χ2n) is 8.84. The van der Waals surface area contributed by atoms with Gasteiger partial charge in [-0.2, -0.15) is 0 Å². The zero-order valence-corrected chi connectivity index (χ0v) is 21.4. The molecule has 2 aromatic carbocycles. The molecule has 7 nitrogen and oxygen atoms in total. The zero-order chi connectivity index (χ0) is 26.5. The summed E-state index contributed by atoms with van der Waals surface area (Å²) >= 11 is 0. The molecule has 0 aliphatic carbocycles. The number of nitrogens with zero attached hydrogens (tertiary/aromatic N) is 3. The molecular formula is C30H35N3O4. The van der Waals surface area contributed by atoms with Crippen molar-refractivity contribution in [2.24, 2.45) is 0 Å². The van der Waals surface area contributed by atoms with E-state index >= 15 is 0 Å². The van der Waals surface area contributed by atoms with Crippen LogP contribution in [0.4, 0.5) is 0 Å². The van der Waals surface area contributed by atoms with Crippen LogP contribution in [0.5, 0.6) is 0 Å². The highest BCUT2D eigenvalue weighted by molar-refractivity contribution is 5.85. The first-order valence-corrected chi connectivity index (χ1v) is 12.4. The molecule has 1 heterocycles. The first kappa shape index (κ1) is 27.5. The van der Waals surface area contributed by atoms with Crippen molar-refractivity contribution < 1.29 is 19.1 Å². The lowest BCUT2D eigenvalue weighted by molar-refractivity contribution is -0.142. The Morgan fingerprint density at radius 1 is 0.838 bits per heavy atom. The van der Waals surface area contributed by atoms with Gasteiger partial charge in [0.1, 0.15) is 6.54 Å². The van der Waals surface area contributed by atoms with Crippen LogP contribution in [0.2, 0.25) is 0 Å². The summed E-state index contributed by atoms with van der Waals surface area (Å²) in [5.74, 6) is -0.699. The van der Waals surface area contributed by atoms with Crippen LogP contribution in [0.15, 0.2) is 91.6 Å². The molecule has 194 valence electrons. The van der Waals surface area contributed by atoms with Crippen LogP contribution in [0.25, 0.3) is 0 Å². The first-order valence-electron chi connectivity index (χ1n) is 12.4. The molecule has 0 atom stereocenters. The molecule has 7 heteroatoms. The fraction of sp³-hybridized carbons (Fsp3) is 0.300. The Morgan fingerprint density at radius 2 is 1.51 bits per heavy atom. The highest BCUT2D eigenvalue weighted by Gasteiger charge is 2.22. The van der Waals surface area contributed by atoms with E-state index in [9.17, 15) is 14.4 Å². The molecule has 1 aromatic heterocycles. The number of carbonyl (C=O) groups excluding carboxylic acids is 3. The largest absolute Gasteiger partial charge is 0.469 e. The zero-order valence-electron chi connectivity index (χ0n) is 21.4. The average molecular weight is 502 g/mol. The predicted octanol–water partition coefficient (Wildman–Crippen LogP) is 4.42. The number of hydrogen-bond donors (Lipinski definition) is 0. The lowest BCUT2D eigenvalue weighted by atomic mass is 10.2. The Bertz CT molecular complexity index is 1160. The van der Waals surface area contributed by atoms with Gasteiger partial charge in [0.2, 0.25) is 11.8 Å². The van der Waals surface area contributed by atoms with Crippen LogP contribution >= 0.6 is 0 Å². The molecule has 3 rings (SSSR count). The van der Waals surface area contributed by atoms with Crippen LogP contribution in [0, 0.1) is 0 Å². The summed E-state index contributed by atoms with van der Waals surface area (Å²) in [6.45, 7) is 5.48. The first-order chi connectivity index (χ1) is 18.0. The number of rotatable bonds is 14. The summed E-state index contributed by atoms with van der Waals surface area (Å²) in [5.41, 5.74) is 3.19. The van der Waals surface area contributed by atoms with Gasteiger partial charge in [-0.05, 0) is 29.7 Å². The van der Waals surface area contributed by atoms with Crippen LogP contribution in [-0.2, 0) is 38.8 Å².